The molecule has 0 unspecified atom stereocenters. The molecule has 0 aliphatic heterocycles. The topological polar surface area (TPSA) is 37.3 Å². The Balaban J connectivity index is 3.04. The van der Waals surface area contributed by atoms with Gasteiger partial charge in [-0.15, -0.1) is 0 Å². The van der Waals surface area contributed by atoms with Crippen molar-refractivity contribution in [1.82, 2.24) is 0 Å². The molecular formula is C29H54O2. The van der Waals surface area contributed by atoms with Crippen molar-refractivity contribution >= 4 is 5.97 Å². The van der Waals surface area contributed by atoms with Gasteiger partial charge in [0.2, 0.25) is 0 Å². The highest BCUT2D eigenvalue weighted by Gasteiger charge is 1.96. The third-order valence-electron chi connectivity index (χ3n) is 6.35. The van der Waals surface area contributed by atoms with E-state index in [1.165, 1.54) is 148 Å². The summed E-state index contributed by atoms with van der Waals surface area (Å²) >= 11 is 0. The van der Waals surface area contributed by atoms with E-state index in [-0.39, 0.29) is 0 Å². The summed E-state index contributed by atoms with van der Waals surface area (Å²) in [7, 11) is 0. The van der Waals surface area contributed by atoms with E-state index in [9.17, 15) is 4.79 Å². The van der Waals surface area contributed by atoms with Gasteiger partial charge in [0.15, 0.2) is 0 Å². The summed E-state index contributed by atoms with van der Waals surface area (Å²) in [5, 5.41) is 8.43. The lowest BCUT2D eigenvalue weighted by Crippen LogP contribution is -1.86. The lowest BCUT2D eigenvalue weighted by atomic mass is 10.0. The SMILES string of the molecule is CCCCCCCCCCCCCCCCCCCCCCCCCCC#CC(=O)O. The van der Waals surface area contributed by atoms with Gasteiger partial charge >= 0.3 is 5.97 Å². The number of carboxylic acids is 1. The molecule has 1 N–H and O–H groups in total. The first kappa shape index (κ1) is 30.0. The van der Waals surface area contributed by atoms with Gasteiger partial charge in [-0.05, 0) is 6.42 Å². The van der Waals surface area contributed by atoms with Gasteiger partial charge in [0.1, 0.15) is 0 Å². The molecule has 0 bridgehead atoms. The van der Waals surface area contributed by atoms with Crippen LogP contribution in [0.3, 0.4) is 0 Å². The predicted molar refractivity (Wildman–Crippen MR) is 137 cm³/mol. The second kappa shape index (κ2) is 27.1. The fourth-order valence-corrected chi connectivity index (χ4v) is 4.31. The Hall–Kier alpha value is -0.970. The second-order valence-corrected chi connectivity index (χ2v) is 9.49. The van der Waals surface area contributed by atoms with Crippen LogP contribution in [0.4, 0.5) is 0 Å². The van der Waals surface area contributed by atoms with E-state index in [1.54, 1.807) is 0 Å². The minimum atomic E-state index is -1.01. The van der Waals surface area contributed by atoms with Crippen LogP contribution in [-0.4, -0.2) is 11.1 Å². The van der Waals surface area contributed by atoms with Gasteiger partial charge in [-0.2, -0.15) is 0 Å². The molecule has 0 spiro atoms. The van der Waals surface area contributed by atoms with Crippen molar-refractivity contribution in [3.8, 4) is 11.8 Å². The quantitative estimate of drug-likeness (QED) is 0.121. The van der Waals surface area contributed by atoms with Crippen LogP contribution >= 0.6 is 0 Å². The number of unbranched alkanes of at least 4 members (excludes halogenated alkanes) is 24. The van der Waals surface area contributed by atoms with Crippen LogP contribution in [0.5, 0.6) is 0 Å². The van der Waals surface area contributed by atoms with Gasteiger partial charge in [0, 0.05) is 12.3 Å². The van der Waals surface area contributed by atoms with E-state index in [2.05, 4.69) is 18.8 Å². The van der Waals surface area contributed by atoms with E-state index in [4.69, 9.17) is 5.11 Å². The molecule has 0 rings (SSSR count). The van der Waals surface area contributed by atoms with Crippen LogP contribution in [0.15, 0.2) is 0 Å². The van der Waals surface area contributed by atoms with Gasteiger partial charge in [-0.3, -0.25) is 0 Å². The molecule has 2 heteroatoms. The molecule has 0 aliphatic rings. The number of rotatable bonds is 24. The molecule has 0 aliphatic carbocycles. The van der Waals surface area contributed by atoms with E-state index in [0.29, 0.717) is 0 Å². The Morgan fingerprint density at radius 2 is 0.742 bits per heavy atom. The van der Waals surface area contributed by atoms with Crippen LogP contribution in [0.25, 0.3) is 0 Å². The molecule has 31 heavy (non-hydrogen) atoms. The molecule has 0 aromatic heterocycles. The molecule has 0 saturated heterocycles. The minimum absolute atomic E-state index is 0.728. The maximum absolute atomic E-state index is 10.3. The van der Waals surface area contributed by atoms with Crippen molar-refractivity contribution in [2.24, 2.45) is 0 Å². The maximum atomic E-state index is 10.3. The third kappa shape index (κ3) is 29.0. The second-order valence-electron chi connectivity index (χ2n) is 9.49. The normalized spacial score (nSPS) is 10.7. The van der Waals surface area contributed by atoms with Gasteiger partial charge < -0.3 is 5.11 Å². The molecule has 0 saturated carbocycles. The first-order chi connectivity index (χ1) is 15.3. The van der Waals surface area contributed by atoms with E-state index in [0.717, 1.165) is 12.8 Å². The largest absolute Gasteiger partial charge is 0.472 e. The van der Waals surface area contributed by atoms with Gasteiger partial charge in [-0.1, -0.05) is 161 Å². The molecule has 182 valence electrons. The van der Waals surface area contributed by atoms with Crippen LogP contribution in [0.2, 0.25) is 0 Å². The van der Waals surface area contributed by atoms with Crippen molar-refractivity contribution in [2.75, 3.05) is 0 Å². The zero-order chi connectivity index (χ0) is 22.7. The minimum Gasteiger partial charge on any atom is -0.472 e. The zero-order valence-electron chi connectivity index (χ0n) is 21.0. The van der Waals surface area contributed by atoms with E-state index in [1.807, 2.05) is 0 Å². The highest BCUT2D eigenvalue weighted by atomic mass is 16.4. The smallest absolute Gasteiger partial charge is 0.381 e. The molecule has 0 fully saturated rings. The number of hydrogen-bond donors (Lipinski definition) is 1. The summed E-state index contributed by atoms with van der Waals surface area (Å²) in [4.78, 5) is 10.3. The molecule has 0 aromatic carbocycles. The first-order valence-corrected chi connectivity index (χ1v) is 14.0. The van der Waals surface area contributed by atoms with Crippen LogP contribution < -0.4 is 0 Å². The first-order valence-electron chi connectivity index (χ1n) is 14.0. The molecule has 0 atom stereocenters. The number of carbonyl (C=O) groups is 1. The van der Waals surface area contributed by atoms with Crippen LogP contribution in [-0.2, 0) is 4.79 Å². The van der Waals surface area contributed by atoms with E-state index >= 15 is 0 Å². The van der Waals surface area contributed by atoms with Crippen molar-refractivity contribution in [3.05, 3.63) is 0 Å². The standard InChI is InChI=1S/C29H54O2/c1-2-3-4-5-6-7-8-9-10-11-12-13-14-15-16-17-18-19-20-21-22-23-24-25-26-27-28-29(30)31/h2-26H2,1H3,(H,30,31). The summed E-state index contributed by atoms with van der Waals surface area (Å²) < 4.78 is 0. The predicted octanol–water partition coefficient (Wildman–Crippen LogP) is 9.85. The maximum Gasteiger partial charge on any atom is 0.381 e. The molecule has 0 amide bonds. The van der Waals surface area contributed by atoms with E-state index < -0.39 is 5.97 Å². The molecule has 0 radical (unpaired) electrons. The molecular weight excluding hydrogens is 380 g/mol. The van der Waals surface area contributed by atoms with Gasteiger partial charge in [-0.25, -0.2) is 4.79 Å². The summed E-state index contributed by atoms with van der Waals surface area (Å²) in [5.41, 5.74) is 0. The Labute approximate surface area is 195 Å². The highest BCUT2D eigenvalue weighted by molar-refractivity contribution is 5.86. The average Bonchev–Trinajstić information content (AvgIpc) is 2.76. The Morgan fingerprint density at radius 3 is 1.00 bits per heavy atom. The molecule has 0 heterocycles. The Bertz CT molecular complexity index is 418. The summed E-state index contributed by atoms with van der Waals surface area (Å²) in [6.07, 6.45) is 34.3. The number of carboxylic acid groups (broad SMARTS) is 1. The monoisotopic (exact) mass is 434 g/mol. The third-order valence-corrected chi connectivity index (χ3v) is 6.35. The van der Waals surface area contributed by atoms with Gasteiger partial charge in [0.25, 0.3) is 0 Å². The summed E-state index contributed by atoms with van der Waals surface area (Å²) in [5.74, 6) is 3.87. The van der Waals surface area contributed by atoms with Crippen LogP contribution in [0, 0.1) is 11.8 Å². The fraction of sp³-hybridized carbons (Fsp3) is 0.897. The van der Waals surface area contributed by atoms with Gasteiger partial charge in [0.05, 0.1) is 0 Å². The zero-order valence-corrected chi connectivity index (χ0v) is 21.0. The summed E-state index contributed by atoms with van der Waals surface area (Å²) in [6, 6.07) is 0. The lowest BCUT2D eigenvalue weighted by molar-refractivity contribution is -0.130. The Morgan fingerprint density at radius 1 is 0.484 bits per heavy atom. The summed E-state index contributed by atoms with van der Waals surface area (Å²) in [6.45, 7) is 2.29. The highest BCUT2D eigenvalue weighted by Crippen LogP contribution is 2.15. The number of hydrogen-bond acceptors (Lipinski definition) is 1. The van der Waals surface area contributed by atoms with Crippen molar-refractivity contribution < 1.29 is 9.90 Å². The fourth-order valence-electron chi connectivity index (χ4n) is 4.31. The van der Waals surface area contributed by atoms with Crippen molar-refractivity contribution in [3.63, 3.8) is 0 Å². The van der Waals surface area contributed by atoms with Crippen molar-refractivity contribution in [1.29, 1.82) is 0 Å². The lowest BCUT2D eigenvalue weighted by Gasteiger charge is -2.04. The average molecular weight is 435 g/mol. The molecule has 2 nitrogen and oxygen atoms in total. The Kier molecular flexibility index (Phi) is 26.2. The van der Waals surface area contributed by atoms with Crippen molar-refractivity contribution in [2.45, 2.75) is 167 Å². The molecule has 0 aromatic rings. The number of aliphatic carboxylic acids is 1. The van der Waals surface area contributed by atoms with Crippen LogP contribution in [0.1, 0.15) is 167 Å².